The molecular formula is C15H21N3O. The molecule has 19 heavy (non-hydrogen) atoms. The highest BCUT2D eigenvalue weighted by molar-refractivity contribution is 5.85. The van der Waals surface area contributed by atoms with E-state index in [1.165, 1.54) is 10.9 Å². The summed E-state index contributed by atoms with van der Waals surface area (Å²) in [5.74, 6) is 5.70. The molecule has 0 spiro atoms. The number of hydrogen-bond donors (Lipinski definition) is 2. The Balaban J connectivity index is 2.16. The highest BCUT2D eigenvalue weighted by Gasteiger charge is 2.12. The summed E-state index contributed by atoms with van der Waals surface area (Å²) in [6, 6.07) is 8.41. The molecule has 2 rings (SSSR count). The van der Waals surface area contributed by atoms with Crippen LogP contribution in [0.25, 0.3) is 10.8 Å². The van der Waals surface area contributed by atoms with Crippen LogP contribution >= 0.6 is 0 Å². The van der Waals surface area contributed by atoms with E-state index >= 15 is 0 Å². The van der Waals surface area contributed by atoms with Gasteiger partial charge in [-0.1, -0.05) is 18.2 Å². The molecule has 0 bridgehead atoms. The first-order valence-electron chi connectivity index (χ1n) is 6.73. The number of nitrogens with two attached hydrogens (primary N) is 1. The number of nitrogens with one attached hydrogen (secondary N) is 1. The predicted molar refractivity (Wildman–Crippen MR) is 77.5 cm³/mol. The van der Waals surface area contributed by atoms with Crippen LogP contribution in [0.1, 0.15) is 31.4 Å². The number of hydrazine groups is 1. The van der Waals surface area contributed by atoms with Crippen molar-refractivity contribution in [1.29, 1.82) is 0 Å². The number of nitrogens with zero attached hydrogens (tertiary/aromatic N) is 1. The van der Waals surface area contributed by atoms with Crippen molar-refractivity contribution in [2.75, 3.05) is 13.2 Å². The Morgan fingerprint density at radius 1 is 1.37 bits per heavy atom. The summed E-state index contributed by atoms with van der Waals surface area (Å²) in [6.45, 7) is 3.55. The van der Waals surface area contributed by atoms with Gasteiger partial charge in [0.1, 0.15) is 0 Å². The first-order chi connectivity index (χ1) is 9.36. The molecule has 0 aliphatic rings. The molecule has 3 N–H and O–H groups in total. The van der Waals surface area contributed by atoms with Crippen molar-refractivity contribution in [2.45, 2.75) is 25.8 Å². The van der Waals surface area contributed by atoms with E-state index in [1.54, 1.807) is 0 Å². The number of aromatic nitrogens is 1. The van der Waals surface area contributed by atoms with Gasteiger partial charge in [0, 0.05) is 37.0 Å². The third-order valence-corrected chi connectivity index (χ3v) is 3.28. The summed E-state index contributed by atoms with van der Waals surface area (Å²) in [6.07, 6.45) is 5.65. The zero-order valence-corrected chi connectivity index (χ0v) is 11.3. The van der Waals surface area contributed by atoms with Crippen molar-refractivity contribution in [1.82, 2.24) is 10.4 Å². The van der Waals surface area contributed by atoms with Crippen LogP contribution < -0.4 is 11.3 Å². The smallest absolute Gasteiger partial charge is 0.0467 e. The number of benzene rings is 1. The summed E-state index contributed by atoms with van der Waals surface area (Å²) >= 11 is 0. The summed E-state index contributed by atoms with van der Waals surface area (Å²) in [7, 11) is 0. The molecule has 4 nitrogen and oxygen atoms in total. The number of fused-ring (bicyclic) bond motifs is 1. The summed E-state index contributed by atoms with van der Waals surface area (Å²) in [4.78, 5) is 4.21. The van der Waals surface area contributed by atoms with E-state index in [4.69, 9.17) is 10.6 Å². The molecular weight excluding hydrogens is 238 g/mol. The Morgan fingerprint density at radius 2 is 2.26 bits per heavy atom. The largest absolute Gasteiger partial charge is 0.382 e. The van der Waals surface area contributed by atoms with Gasteiger partial charge in [-0.15, -0.1) is 0 Å². The van der Waals surface area contributed by atoms with Crippen molar-refractivity contribution in [2.24, 2.45) is 5.84 Å². The molecule has 0 amide bonds. The van der Waals surface area contributed by atoms with Gasteiger partial charge in [-0.25, -0.2) is 0 Å². The fourth-order valence-corrected chi connectivity index (χ4v) is 2.30. The second kappa shape index (κ2) is 7.19. The molecule has 1 atom stereocenters. The highest BCUT2D eigenvalue weighted by Crippen LogP contribution is 2.25. The van der Waals surface area contributed by atoms with Crippen LogP contribution in [-0.2, 0) is 4.74 Å². The molecule has 2 aromatic rings. The van der Waals surface area contributed by atoms with Crippen molar-refractivity contribution in [3.05, 3.63) is 42.2 Å². The number of hydrogen-bond acceptors (Lipinski definition) is 4. The SMILES string of the molecule is CCOCCCC(NN)c1cccc2ccncc12. The maximum atomic E-state index is 5.70. The van der Waals surface area contributed by atoms with E-state index < -0.39 is 0 Å². The number of rotatable bonds is 7. The third-order valence-electron chi connectivity index (χ3n) is 3.28. The number of pyridine rings is 1. The lowest BCUT2D eigenvalue weighted by molar-refractivity contribution is 0.141. The molecule has 0 aliphatic heterocycles. The van der Waals surface area contributed by atoms with E-state index in [0.29, 0.717) is 0 Å². The Labute approximate surface area is 113 Å². The maximum absolute atomic E-state index is 5.70. The topological polar surface area (TPSA) is 60.2 Å². The lowest BCUT2D eigenvalue weighted by atomic mass is 9.97. The Bertz CT molecular complexity index is 510. The fraction of sp³-hybridized carbons (Fsp3) is 0.400. The van der Waals surface area contributed by atoms with E-state index in [-0.39, 0.29) is 6.04 Å². The monoisotopic (exact) mass is 259 g/mol. The van der Waals surface area contributed by atoms with Crippen molar-refractivity contribution in [3.63, 3.8) is 0 Å². The summed E-state index contributed by atoms with van der Waals surface area (Å²) in [5, 5.41) is 2.35. The highest BCUT2D eigenvalue weighted by atomic mass is 16.5. The van der Waals surface area contributed by atoms with Crippen LogP contribution in [0.5, 0.6) is 0 Å². The summed E-state index contributed by atoms with van der Waals surface area (Å²) in [5.41, 5.74) is 4.10. The second-order valence-corrected chi connectivity index (χ2v) is 4.50. The van der Waals surface area contributed by atoms with Gasteiger partial charge in [0.25, 0.3) is 0 Å². The van der Waals surface area contributed by atoms with Gasteiger partial charge < -0.3 is 4.74 Å². The van der Waals surface area contributed by atoms with Crippen LogP contribution in [0, 0.1) is 0 Å². The average molecular weight is 259 g/mol. The van der Waals surface area contributed by atoms with E-state index in [9.17, 15) is 0 Å². The molecule has 1 unspecified atom stereocenters. The normalized spacial score (nSPS) is 12.7. The van der Waals surface area contributed by atoms with Crippen LogP contribution in [0.4, 0.5) is 0 Å². The van der Waals surface area contributed by atoms with Crippen LogP contribution in [-0.4, -0.2) is 18.2 Å². The third kappa shape index (κ3) is 3.50. The van der Waals surface area contributed by atoms with Crippen LogP contribution in [0.2, 0.25) is 0 Å². The first-order valence-corrected chi connectivity index (χ1v) is 6.73. The molecule has 1 aromatic heterocycles. The van der Waals surface area contributed by atoms with Gasteiger partial charge in [0.2, 0.25) is 0 Å². The average Bonchev–Trinajstić information content (AvgIpc) is 2.47. The van der Waals surface area contributed by atoms with Crippen molar-refractivity contribution in [3.8, 4) is 0 Å². The molecule has 102 valence electrons. The van der Waals surface area contributed by atoms with Gasteiger partial charge in [0.15, 0.2) is 0 Å². The Kier molecular flexibility index (Phi) is 5.27. The lowest BCUT2D eigenvalue weighted by Gasteiger charge is -2.18. The van der Waals surface area contributed by atoms with Gasteiger partial charge in [0.05, 0.1) is 0 Å². The quantitative estimate of drug-likeness (QED) is 0.456. The molecule has 0 aliphatic carbocycles. The minimum absolute atomic E-state index is 0.133. The van der Waals surface area contributed by atoms with Crippen LogP contribution in [0.3, 0.4) is 0 Å². The van der Waals surface area contributed by atoms with Gasteiger partial charge in [-0.2, -0.15) is 0 Å². The predicted octanol–water partition coefficient (Wildman–Crippen LogP) is 2.56. The standard InChI is InChI=1S/C15H21N3O/c1-2-19-10-4-7-15(18-16)13-6-3-5-12-8-9-17-11-14(12)13/h3,5-6,8-9,11,15,18H,2,4,7,10,16H2,1H3. The molecule has 1 heterocycles. The molecule has 1 aromatic carbocycles. The van der Waals surface area contributed by atoms with Gasteiger partial charge in [-0.3, -0.25) is 16.3 Å². The molecule has 0 radical (unpaired) electrons. The number of ether oxygens (including phenoxy) is 1. The van der Waals surface area contributed by atoms with E-state index in [0.717, 1.165) is 31.4 Å². The molecule has 0 saturated carbocycles. The van der Waals surface area contributed by atoms with Crippen molar-refractivity contribution < 1.29 is 4.74 Å². The van der Waals surface area contributed by atoms with E-state index in [1.807, 2.05) is 25.4 Å². The second-order valence-electron chi connectivity index (χ2n) is 4.50. The molecule has 0 fully saturated rings. The lowest BCUT2D eigenvalue weighted by Crippen LogP contribution is -2.28. The van der Waals surface area contributed by atoms with Gasteiger partial charge >= 0.3 is 0 Å². The Morgan fingerprint density at radius 3 is 3.05 bits per heavy atom. The van der Waals surface area contributed by atoms with E-state index in [2.05, 4.69) is 28.6 Å². The Hall–Kier alpha value is -1.49. The maximum Gasteiger partial charge on any atom is 0.0467 e. The molecule has 4 heteroatoms. The minimum atomic E-state index is 0.133. The first kappa shape index (κ1) is 13.9. The minimum Gasteiger partial charge on any atom is -0.382 e. The zero-order valence-electron chi connectivity index (χ0n) is 11.3. The zero-order chi connectivity index (χ0) is 13.5. The fourth-order valence-electron chi connectivity index (χ4n) is 2.30. The molecule has 0 saturated heterocycles. The summed E-state index contributed by atoms with van der Waals surface area (Å²) < 4.78 is 5.37. The van der Waals surface area contributed by atoms with Crippen LogP contribution in [0.15, 0.2) is 36.7 Å². The van der Waals surface area contributed by atoms with Crippen molar-refractivity contribution >= 4 is 10.8 Å². The van der Waals surface area contributed by atoms with Gasteiger partial charge in [-0.05, 0) is 36.8 Å².